The summed E-state index contributed by atoms with van der Waals surface area (Å²) >= 11 is 1.25. The van der Waals surface area contributed by atoms with Crippen molar-refractivity contribution in [2.75, 3.05) is 19.4 Å². The van der Waals surface area contributed by atoms with Gasteiger partial charge in [0.05, 0.1) is 6.21 Å². The van der Waals surface area contributed by atoms with Gasteiger partial charge in [-0.05, 0) is 0 Å². The number of aliphatic carboxylic acids is 1. The fourth-order valence-corrected chi connectivity index (χ4v) is 1.68. The smallest absolute Gasteiger partial charge is 0.352 e. The van der Waals surface area contributed by atoms with Crippen LogP contribution in [0.1, 0.15) is 0 Å². The van der Waals surface area contributed by atoms with E-state index in [1.54, 1.807) is 0 Å². The Labute approximate surface area is 68.6 Å². The van der Waals surface area contributed by atoms with Gasteiger partial charge in [0.1, 0.15) is 0 Å². The minimum absolute atomic E-state index is 0.670. The summed E-state index contributed by atoms with van der Waals surface area (Å²) in [6.07, 6.45) is 1.35. The molecule has 1 heterocycles. The number of aliphatic imine (C=N–C) groups is 1. The Morgan fingerprint density at radius 2 is 2.64 bits per heavy atom. The first-order chi connectivity index (χ1) is 5.21. The lowest BCUT2D eigenvalue weighted by atomic mass is 10.4. The van der Waals surface area contributed by atoms with Crippen LogP contribution in [-0.4, -0.2) is 41.6 Å². The highest BCUT2D eigenvalue weighted by molar-refractivity contribution is 8.02. The number of carbonyl (C=O) groups is 1. The topological polar surface area (TPSA) is 58.9 Å². The normalized spacial score (nSPS) is 30.3. The number of nitrogens with zero attached hydrogens (tertiary/aromatic N) is 1. The molecule has 0 unspecified atom stereocenters. The van der Waals surface area contributed by atoms with Crippen LogP contribution in [0.3, 0.4) is 0 Å². The Balaban J connectivity index is 2.81. The van der Waals surface area contributed by atoms with E-state index in [0.29, 0.717) is 12.3 Å². The van der Waals surface area contributed by atoms with Crippen LogP contribution in [0.15, 0.2) is 4.99 Å². The largest absolute Gasteiger partial charge is 0.478 e. The summed E-state index contributed by atoms with van der Waals surface area (Å²) in [7, 11) is 1.37. The lowest BCUT2D eigenvalue weighted by Crippen LogP contribution is -2.41. The number of methoxy groups -OCH3 is 1. The van der Waals surface area contributed by atoms with E-state index in [4.69, 9.17) is 9.84 Å². The van der Waals surface area contributed by atoms with Gasteiger partial charge >= 0.3 is 5.97 Å². The molecule has 5 heteroatoms. The molecule has 0 saturated heterocycles. The van der Waals surface area contributed by atoms with Crippen molar-refractivity contribution in [2.24, 2.45) is 4.99 Å². The molecule has 0 aliphatic carbocycles. The van der Waals surface area contributed by atoms with Gasteiger partial charge in [0.2, 0.25) is 4.93 Å². The molecule has 1 rings (SSSR count). The fraction of sp³-hybridized carbons (Fsp3) is 0.667. The van der Waals surface area contributed by atoms with Crippen molar-refractivity contribution in [3.63, 3.8) is 0 Å². The van der Waals surface area contributed by atoms with Gasteiger partial charge in [0, 0.05) is 19.4 Å². The molecule has 0 saturated carbocycles. The number of thioether (sulfide) groups is 1. The van der Waals surface area contributed by atoms with Crippen LogP contribution in [-0.2, 0) is 9.53 Å². The Bertz CT molecular complexity index is 194. The maximum atomic E-state index is 10.7. The van der Waals surface area contributed by atoms with Crippen LogP contribution >= 0.6 is 11.8 Å². The number of carboxylic acid groups (broad SMARTS) is 1. The van der Waals surface area contributed by atoms with Gasteiger partial charge in [0.25, 0.3) is 0 Å². The number of hydrogen-bond donors (Lipinski definition) is 1. The maximum absolute atomic E-state index is 10.7. The Morgan fingerprint density at radius 1 is 1.91 bits per heavy atom. The number of hydrogen-bond acceptors (Lipinski definition) is 4. The Hall–Kier alpha value is -0.550. The highest BCUT2D eigenvalue weighted by atomic mass is 32.2. The second-order valence-electron chi connectivity index (χ2n) is 2.06. The fourth-order valence-electron chi connectivity index (χ4n) is 0.788. The minimum Gasteiger partial charge on any atom is -0.478 e. The van der Waals surface area contributed by atoms with Gasteiger partial charge in [-0.3, -0.25) is 4.99 Å². The monoisotopic (exact) mass is 175 g/mol. The summed E-state index contributed by atoms with van der Waals surface area (Å²) in [5, 5.41) is 8.75. The lowest BCUT2D eigenvalue weighted by Gasteiger charge is -2.24. The van der Waals surface area contributed by atoms with E-state index in [9.17, 15) is 4.79 Å². The van der Waals surface area contributed by atoms with Gasteiger partial charge in [-0.1, -0.05) is 0 Å². The molecule has 0 aromatic carbocycles. The zero-order chi connectivity index (χ0) is 8.32. The third kappa shape index (κ3) is 1.54. The highest BCUT2D eigenvalue weighted by Gasteiger charge is 2.38. The molecule has 0 aromatic heterocycles. The van der Waals surface area contributed by atoms with Crippen molar-refractivity contribution < 1.29 is 14.6 Å². The van der Waals surface area contributed by atoms with E-state index in [1.165, 1.54) is 25.1 Å². The zero-order valence-electron chi connectivity index (χ0n) is 6.11. The molecular weight excluding hydrogens is 166 g/mol. The zero-order valence-corrected chi connectivity index (χ0v) is 6.93. The average Bonchev–Trinajstić information content (AvgIpc) is 2.05. The van der Waals surface area contributed by atoms with Crippen molar-refractivity contribution in [2.45, 2.75) is 4.93 Å². The minimum atomic E-state index is -1.24. The van der Waals surface area contributed by atoms with E-state index in [1.807, 2.05) is 0 Å². The lowest BCUT2D eigenvalue weighted by molar-refractivity contribution is -0.146. The second-order valence-corrected chi connectivity index (χ2v) is 3.36. The van der Waals surface area contributed by atoms with E-state index in [0.717, 1.165) is 0 Å². The van der Waals surface area contributed by atoms with Crippen molar-refractivity contribution in [3.8, 4) is 0 Å². The van der Waals surface area contributed by atoms with Gasteiger partial charge in [-0.2, -0.15) is 0 Å². The average molecular weight is 175 g/mol. The molecule has 1 aliphatic heterocycles. The Kier molecular flexibility index (Phi) is 2.51. The van der Waals surface area contributed by atoms with Gasteiger partial charge in [0.15, 0.2) is 0 Å². The molecule has 4 nitrogen and oxygen atoms in total. The van der Waals surface area contributed by atoms with Crippen LogP contribution < -0.4 is 0 Å². The molecule has 1 atom stereocenters. The predicted molar refractivity (Wildman–Crippen MR) is 43.2 cm³/mol. The molecule has 0 bridgehead atoms. The highest BCUT2D eigenvalue weighted by Crippen LogP contribution is 2.27. The quantitative estimate of drug-likeness (QED) is 0.652. The summed E-state index contributed by atoms with van der Waals surface area (Å²) in [5.74, 6) is -0.301. The standard InChI is InChI=1S/C6H9NO3S/c1-10-6(5(8)9)4-7-2-3-11-6/h4H,2-3H2,1H3,(H,8,9)/t6-/m0/s1. The summed E-state index contributed by atoms with van der Waals surface area (Å²) < 4.78 is 4.85. The van der Waals surface area contributed by atoms with Crippen LogP contribution in [0.2, 0.25) is 0 Å². The summed E-state index contributed by atoms with van der Waals surface area (Å²) in [6.45, 7) is 0.670. The van der Waals surface area contributed by atoms with Crippen molar-refractivity contribution in [3.05, 3.63) is 0 Å². The molecule has 0 aromatic rings. The molecular formula is C6H9NO3S. The van der Waals surface area contributed by atoms with E-state index < -0.39 is 10.9 Å². The van der Waals surface area contributed by atoms with Crippen molar-refractivity contribution in [1.82, 2.24) is 0 Å². The first-order valence-corrected chi connectivity index (χ1v) is 4.13. The Morgan fingerprint density at radius 3 is 2.91 bits per heavy atom. The number of ether oxygens (including phenoxy) is 1. The molecule has 1 aliphatic rings. The number of carboxylic acids is 1. The third-order valence-electron chi connectivity index (χ3n) is 1.40. The molecule has 1 N–H and O–H groups in total. The summed E-state index contributed by atoms with van der Waals surface area (Å²) in [6, 6.07) is 0. The molecule has 0 fully saturated rings. The molecule has 0 radical (unpaired) electrons. The molecule has 0 amide bonds. The molecule has 62 valence electrons. The third-order valence-corrected chi connectivity index (χ3v) is 2.66. The van der Waals surface area contributed by atoms with Crippen molar-refractivity contribution in [1.29, 1.82) is 0 Å². The summed E-state index contributed by atoms with van der Waals surface area (Å²) in [5.41, 5.74) is 0. The number of rotatable bonds is 2. The van der Waals surface area contributed by atoms with Crippen LogP contribution in [0, 0.1) is 0 Å². The summed E-state index contributed by atoms with van der Waals surface area (Å²) in [4.78, 5) is 13.3. The molecule has 11 heavy (non-hydrogen) atoms. The van der Waals surface area contributed by atoms with Crippen LogP contribution in [0.5, 0.6) is 0 Å². The first-order valence-electron chi connectivity index (χ1n) is 3.15. The SMILES string of the molecule is CO[C@@]1(C(=O)O)C=NCCS1. The van der Waals surface area contributed by atoms with Crippen molar-refractivity contribution >= 4 is 23.9 Å². The van der Waals surface area contributed by atoms with Crippen LogP contribution in [0.25, 0.3) is 0 Å². The van der Waals surface area contributed by atoms with Gasteiger partial charge in [-0.15, -0.1) is 11.8 Å². The molecule has 0 spiro atoms. The van der Waals surface area contributed by atoms with Gasteiger partial charge in [-0.25, -0.2) is 4.79 Å². The first kappa shape index (κ1) is 8.55. The predicted octanol–water partition coefficient (Wildman–Crippen LogP) is 0.231. The van der Waals surface area contributed by atoms with E-state index in [-0.39, 0.29) is 0 Å². The van der Waals surface area contributed by atoms with Gasteiger partial charge < -0.3 is 9.84 Å². The van der Waals surface area contributed by atoms with E-state index in [2.05, 4.69) is 4.99 Å². The van der Waals surface area contributed by atoms with E-state index >= 15 is 0 Å². The maximum Gasteiger partial charge on any atom is 0.352 e. The second kappa shape index (κ2) is 3.23. The van der Waals surface area contributed by atoms with Crippen LogP contribution in [0.4, 0.5) is 0 Å².